The Kier molecular flexibility index (Phi) is 4.19. The molecule has 2 heterocycles. The van der Waals surface area contributed by atoms with Crippen molar-refractivity contribution in [1.82, 2.24) is 10.2 Å². The molecule has 0 radical (unpaired) electrons. The number of piperidine rings is 2. The second kappa shape index (κ2) is 6.06. The Morgan fingerprint density at radius 3 is 2.26 bits per heavy atom. The smallest absolute Gasteiger partial charge is 0.0320 e. The van der Waals surface area contributed by atoms with Crippen LogP contribution < -0.4 is 5.32 Å². The van der Waals surface area contributed by atoms with E-state index in [1.807, 2.05) is 0 Å². The summed E-state index contributed by atoms with van der Waals surface area (Å²) < 4.78 is 0. The van der Waals surface area contributed by atoms with Gasteiger partial charge in [0.25, 0.3) is 0 Å². The molecule has 0 spiro atoms. The monoisotopic (exact) mass is 258 g/mol. The molecule has 0 saturated carbocycles. The van der Waals surface area contributed by atoms with Gasteiger partial charge in [0.05, 0.1) is 0 Å². The van der Waals surface area contributed by atoms with E-state index in [1.54, 1.807) is 5.56 Å². The summed E-state index contributed by atoms with van der Waals surface area (Å²) in [6, 6.07) is 10.1. The number of benzene rings is 1. The van der Waals surface area contributed by atoms with Gasteiger partial charge in [-0.05, 0) is 69.4 Å². The van der Waals surface area contributed by atoms with E-state index in [0.29, 0.717) is 6.04 Å². The second-order valence-corrected chi connectivity index (χ2v) is 6.25. The summed E-state index contributed by atoms with van der Waals surface area (Å²) in [5, 5.41) is 3.63. The maximum absolute atomic E-state index is 3.63. The Morgan fingerprint density at radius 1 is 0.947 bits per heavy atom. The molecule has 1 atom stereocenters. The van der Waals surface area contributed by atoms with E-state index in [0.717, 1.165) is 5.92 Å². The lowest BCUT2D eigenvalue weighted by atomic mass is 9.88. The predicted octanol–water partition coefficient (Wildman–Crippen LogP) is 3.31. The van der Waals surface area contributed by atoms with Crippen molar-refractivity contribution >= 4 is 0 Å². The lowest BCUT2D eigenvalue weighted by molar-refractivity contribution is 0.255. The highest BCUT2D eigenvalue weighted by Crippen LogP contribution is 2.29. The average molecular weight is 258 g/mol. The van der Waals surface area contributed by atoms with Crippen LogP contribution in [-0.4, -0.2) is 31.6 Å². The van der Waals surface area contributed by atoms with Crippen molar-refractivity contribution in [3.05, 3.63) is 35.4 Å². The third kappa shape index (κ3) is 3.18. The van der Waals surface area contributed by atoms with Crippen molar-refractivity contribution in [1.29, 1.82) is 0 Å². The van der Waals surface area contributed by atoms with Gasteiger partial charge in [-0.25, -0.2) is 0 Å². The van der Waals surface area contributed by atoms with Gasteiger partial charge >= 0.3 is 0 Å². The molecule has 0 bridgehead atoms. The van der Waals surface area contributed by atoms with Crippen molar-refractivity contribution in [3.63, 3.8) is 0 Å². The zero-order chi connectivity index (χ0) is 13.1. The summed E-state index contributed by atoms with van der Waals surface area (Å²) in [5.74, 6) is 0.782. The number of hydrogen-bond acceptors (Lipinski definition) is 2. The quantitative estimate of drug-likeness (QED) is 0.875. The zero-order valence-electron chi connectivity index (χ0n) is 12.1. The molecule has 2 aliphatic rings. The van der Waals surface area contributed by atoms with Gasteiger partial charge in [0.2, 0.25) is 0 Å². The summed E-state index contributed by atoms with van der Waals surface area (Å²) in [5.41, 5.74) is 3.03. The van der Waals surface area contributed by atoms with Gasteiger partial charge in [0, 0.05) is 6.04 Å². The zero-order valence-corrected chi connectivity index (χ0v) is 12.1. The molecule has 1 aromatic rings. The Hall–Kier alpha value is -0.860. The molecule has 2 nitrogen and oxygen atoms in total. The second-order valence-electron chi connectivity index (χ2n) is 6.25. The predicted molar refractivity (Wildman–Crippen MR) is 80.5 cm³/mol. The third-order valence-corrected chi connectivity index (χ3v) is 4.84. The third-order valence-electron chi connectivity index (χ3n) is 4.84. The Labute approximate surface area is 117 Å². The molecule has 0 amide bonds. The molecule has 3 rings (SSSR count). The normalized spacial score (nSPS) is 26.5. The number of hydrogen-bond donors (Lipinski definition) is 1. The maximum atomic E-state index is 3.63. The Balaban J connectivity index is 1.65. The van der Waals surface area contributed by atoms with Crippen LogP contribution in [-0.2, 0) is 0 Å². The minimum atomic E-state index is 0.597. The van der Waals surface area contributed by atoms with Crippen LogP contribution >= 0.6 is 0 Å². The van der Waals surface area contributed by atoms with E-state index in [-0.39, 0.29) is 0 Å². The van der Waals surface area contributed by atoms with Gasteiger partial charge < -0.3 is 10.2 Å². The summed E-state index contributed by atoms with van der Waals surface area (Å²) in [7, 11) is 2.23. The standard InChI is InChI=1S/C17H26N2/c1-19-12-9-15(10-13-19)14-5-7-16(8-6-14)17-4-2-3-11-18-17/h5-8,15,17-18H,2-4,9-13H2,1H3. The largest absolute Gasteiger partial charge is 0.310 e. The highest BCUT2D eigenvalue weighted by atomic mass is 15.1. The Morgan fingerprint density at radius 2 is 1.63 bits per heavy atom. The van der Waals surface area contributed by atoms with Crippen molar-refractivity contribution in [2.24, 2.45) is 0 Å². The molecule has 19 heavy (non-hydrogen) atoms. The SMILES string of the molecule is CN1CCC(c2ccc(C3CCCCN3)cc2)CC1. The molecule has 0 aromatic heterocycles. The molecule has 0 aliphatic carbocycles. The number of nitrogens with zero attached hydrogens (tertiary/aromatic N) is 1. The highest BCUT2D eigenvalue weighted by molar-refractivity contribution is 5.28. The number of nitrogens with one attached hydrogen (secondary N) is 1. The fourth-order valence-electron chi connectivity index (χ4n) is 3.48. The van der Waals surface area contributed by atoms with Crippen LogP contribution in [0.5, 0.6) is 0 Å². The Bertz CT molecular complexity index is 384. The van der Waals surface area contributed by atoms with Crippen LogP contribution in [0.25, 0.3) is 0 Å². The molecular weight excluding hydrogens is 232 g/mol. The van der Waals surface area contributed by atoms with Crippen LogP contribution in [0.15, 0.2) is 24.3 Å². The van der Waals surface area contributed by atoms with Crippen LogP contribution in [0.4, 0.5) is 0 Å². The maximum Gasteiger partial charge on any atom is 0.0320 e. The lowest BCUT2D eigenvalue weighted by Crippen LogP contribution is -2.29. The number of rotatable bonds is 2. The first-order chi connectivity index (χ1) is 9.33. The van der Waals surface area contributed by atoms with Crippen LogP contribution in [0, 0.1) is 0 Å². The van der Waals surface area contributed by atoms with Gasteiger partial charge in [-0.1, -0.05) is 30.7 Å². The first kappa shape index (κ1) is 13.1. The van der Waals surface area contributed by atoms with Crippen LogP contribution in [0.2, 0.25) is 0 Å². The van der Waals surface area contributed by atoms with Crippen molar-refractivity contribution in [3.8, 4) is 0 Å². The molecule has 2 fully saturated rings. The first-order valence-corrected chi connectivity index (χ1v) is 7.85. The first-order valence-electron chi connectivity index (χ1n) is 7.85. The van der Waals surface area contributed by atoms with Gasteiger partial charge in [-0.3, -0.25) is 0 Å². The fraction of sp³-hybridized carbons (Fsp3) is 0.647. The highest BCUT2D eigenvalue weighted by Gasteiger charge is 2.19. The minimum absolute atomic E-state index is 0.597. The van der Waals surface area contributed by atoms with E-state index in [2.05, 4.69) is 41.5 Å². The molecular formula is C17H26N2. The van der Waals surface area contributed by atoms with Crippen molar-refractivity contribution in [2.75, 3.05) is 26.7 Å². The van der Waals surface area contributed by atoms with Crippen molar-refractivity contribution < 1.29 is 0 Å². The van der Waals surface area contributed by atoms with E-state index < -0.39 is 0 Å². The van der Waals surface area contributed by atoms with Gasteiger partial charge in [-0.2, -0.15) is 0 Å². The van der Waals surface area contributed by atoms with Crippen molar-refractivity contribution in [2.45, 2.75) is 44.1 Å². The molecule has 104 valence electrons. The lowest BCUT2D eigenvalue weighted by Gasteiger charge is -2.29. The minimum Gasteiger partial charge on any atom is -0.310 e. The molecule has 1 aromatic carbocycles. The summed E-state index contributed by atoms with van der Waals surface area (Å²) >= 11 is 0. The van der Waals surface area contributed by atoms with E-state index in [1.165, 1.54) is 57.3 Å². The van der Waals surface area contributed by atoms with E-state index in [9.17, 15) is 0 Å². The van der Waals surface area contributed by atoms with Gasteiger partial charge in [-0.15, -0.1) is 0 Å². The van der Waals surface area contributed by atoms with E-state index >= 15 is 0 Å². The van der Waals surface area contributed by atoms with Crippen LogP contribution in [0.1, 0.15) is 55.2 Å². The van der Waals surface area contributed by atoms with Gasteiger partial charge in [0.15, 0.2) is 0 Å². The average Bonchev–Trinajstić information content (AvgIpc) is 2.49. The summed E-state index contributed by atoms with van der Waals surface area (Å²) in [6.07, 6.45) is 6.64. The molecule has 1 N–H and O–H groups in total. The van der Waals surface area contributed by atoms with E-state index in [4.69, 9.17) is 0 Å². The number of likely N-dealkylation sites (tertiary alicyclic amines) is 1. The molecule has 2 heteroatoms. The summed E-state index contributed by atoms with van der Waals surface area (Å²) in [4.78, 5) is 2.44. The molecule has 1 unspecified atom stereocenters. The fourth-order valence-corrected chi connectivity index (χ4v) is 3.48. The van der Waals surface area contributed by atoms with Gasteiger partial charge in [0.1, 0.15) is 0 Å². The molecule has 2 aliphatic heterocycles. The topological polar surface area (TPSA) is 15.3 Å². The summed E-state index contributed by atoms with van der Waals surface area (Å²) in [6.45, 7) is 3.68. The molecule has 2 saturated heterocycles. The van der Waals surface area contributed by atoms with Crippen LogP contribution in [0.3, 0.4) is 0 Å².